The summed E-state index contributed by atoms with van der Waals surface area (Å²) in [6.45, 7) is -0.443. The maximum absolute atomic E-state index is 12.0. The van der Waals surface area contributed by atoms with Crippen LogP contribution in [-0.2, 0) is 9.53 Å². The van der Waals surface area contributed by atoms with Crippen LogP contribution in [0.2, 0.25) is 10.0 Å². The highest BCUT2D eigenvalue weighted by Gasteiger charge is 2.16. The molecule has 2 aromatic rings. The Morgan fingerprint density at radius 1 is 1.09 bits per heavy atom. The summed E-state index contributed by atoms with van der Waals surface area (Å²) < 4.78 is 10.0. The summed E-state index contributed by atoms with van der Waals surface area (Å²) in [6.07, 6.45) is 0. The standard InChI is InChI=1S/C16H13Cl2NO4/c1-22-14-6-5-11(18)8-13(14)16(21)23-9-15(20)19-12-4-2-3-10(17)7-12/h2-8H,9H2,1H3,(H,19,20). The van der Waals surface area contributed by atoms with E-state index in [2.05, 4.69) is 5.32 Å². The Kier molecular flexibility index (Phi) is 5.84. The van der Waals surface area contributed by atoms with E-state index >= 15 is 0 Å². The van der Waals surface area contributed by atoms with Gasteiger partial charge in [0, 0.05) is 15.7 Å². The van der Waals surface area contributed by atoms with Gasteiger partial charge in [0.15, 0.2) is 6.61 Å². The SMILES string of the molecule is COc1ccc(Cl)cc1C(=O)OCC(=O)Nc1cccc(Cl)c1. The van der Waals surface area contributed by atoms with Crippen molar-refractivity contribution in [3.05, 3.63) is 58.1 Å². The lowest BCUT2D eigenvalue weighted by molar-refractivity contribution is -0.119. The Morgan fingerprint density at radius 3 is 2.52 bits per heavy atom. The molecule has 0 bridgehead atoms. The molecule has 1 N–H and O–H groups in total. The van der Waals surface area contributed by atoms with Crippen molar-refractivity contribution in [1.82, 2.24) is 0 Å². The Morgan fingerprint density at radius 2 is 1.83 bits per heavy atom. The van der Waals surface area contributed by atoms with E-state index in [0.717, 1.165) is 0 Å². The molecule has 23 heavy (non-hydrogen) atoms. The van der Waals surface area contributed by atoms with Crippen molar-refractivity contribution < 1.29 is 19.1 Å². The molecule has 0 aliphatic carbocycles. The number of halogens is 2. The van der Waals surface area contributed by atoms with Crippen molar-refractivity contribution in [1.29, 1.82) is 0 Å². The molecule has 0 spiro atoms. The molecule has 0 aliphatic rings. The van der Waals surface area contributed by atoms with E-state index in [1.54, 1.807) is 36.4 Å². The van der Waals surface area contributed by atoms with Crippen molar-refractivity contribution >= 4 is 40.8 Å². The van der Waals surface area contributed by atoms with Gasteiger partial charge in [0.1, 0.15) is 11.3 Å². The maximum Gasteiger partial charge on any atom is 0.342 e. The fourth-order valence-electron chi connectivity index (χ4n) is 1.81. The number of carbonyl (C=O) groups is 2. The molecule has 0 atom stereocenters. The second-order valence-electron chi connectivity index (χ2n) is 4.48. The number of methoxy groups -OCH3 is 1. The van der Waals surface area contributed by atoms with E-state index in [4.69, 9.17) is 32.7 Å². The molecule has 120 valence electrons. The lowest BCUT2D eigenvalue weighted by atomic mass is 10.2. The van der Waals surface area contributed by atoms with Crippen molar-refractivity contribution in [3.8, 4) is 5.75 Å². The molecule has 0 aromatic heterocycles. The van der Waals surface area contributed by atoms with Crippen molar-refractivity contribution in [2.45, 2.75) is 0 Å². The molecule has 0 radical (unpaired) electrons. The molecule has 0 unspecified atom stereocenters. The van der Waals surface area contributed by atoms with E-state index in [-0.39, 0.29) is 5.56 Å². The fraction of sp³-hybridized carbons (Fsp3) is 0.125. The third kappa shape index (κ3) is 4.87. The summed E-state index contributed by atoms with van der Waals surface area (Å²) in [7, 11) is 1.42. The predicted octanol–water partition coefficient (Wildman–Crippen LogP) is 3.80. The van der Waals surface area contributed by atoms with E-state index in [0.29, 0.717) is 21.5 Å². The van der Waals surface area contributed by atoms with Gasteiger partial charge in [0.2, 0.25) is 0 Å². The first kappa shape index (κ1) is 17.1. The minimum absolute atomic E-state index is 0.149. The highest BCUT2D eigenvalue weighted by atomic mass is 35.5. The lowest BCUT2D eigenvalue weighted by Crippen LogP contribution is -2.21. The zero-order chi connectivity index (χ0) is 16.8. The van der Waals surface area contributed by atoms with Crippen LogP contribution in [0.4, 0.5) is 5.69 Å². The number of hydrogen-bond acceptors (Lipinski definition) is 4. The van der Waals surface area contributed by atoms with Crippen LogP contribution >= 0.6 is 23.2 Å². The van der Waals surface area contributed by atoms with Crippen molar-refractivity contribution in [2.75, 3.05) is 19.0 Å². The van der Waals surface area contributed by atoms with Gasteiger partial charge >= 0.3 is 5.97 Å². The topological polar surface area (TPSA) is 64.6 Å². The van der Waals surface area contributed by atoms with Gasteiger partial charge in [0.25, 0.3) is 5.91 Å². The Balaban J connectivity index is 1.96. The molecule has 1 amide bonds. The van der Waals surface area contributed by atoms with Gasteiger partial charge in [-0.25, -0.2) is 4.79 Å². The van der Waals surface area contributed by atoms with Gasteiger partial charge in [-0.1, -0.05) is 29.3 Å². The number of carbonyl (C=O) groups excluding carboxylic acids is 2. The Hall–Kier alpha value is -2.24. The highest BCUT2D eigenvalue weighted by Crippen LogP contribution is 2.23. The first-order chi connectivity index (χ1) is 11.0. The van der Waals surface area contributed by atoms with Gasteiger partial charge in [0.05, 0.1) is 7.11 Å². The monoisotopic (exact) mass is 353 g/mol. The number of ether oxygens (including phenoxy) is 2. The molecule has 2 rings (SSSR count). The molecule has 7 heteroatoms. The fourth-order valence-corrected chi connectivity index (χ4v) is 2.17. The van der Waals surface area contributed by atoms with Gasteiger partial charge in [-0.2, -0.15) is 0 Å². The summed E-state index contributed by atoms with van der Waals surface area (Å²) in [4.78, 5) is 23.8. The normalized spacial score (nSPS) is 10.0. The van der Waals surface area contributed by atoms with Crippen LogP contribution in [0.3, 0.4) is 0 Å². The third-order valence-electron chi connectivity index (χ3n) is 2.82. The zero-order valence-corrected chi connectivity index (χ0v) is 13.6. The Labute approximate surface area is 143 Å². The smallest absolute Gasteiger partial charge is 0.342 e. The summed E-state index contributed by atoms with van der Waals surface area (Å²) in [5, 5.41) is 3.42. The van der Waals surface area contributed by atoms with Gasteiger partial charge in [-0.3, -0.25) is 4.79 Å². The first-order valence-corrected chi connectivity index (χ1v) is 7.31. The summed E-state index contributed by atoms with van der Waals surface area (Å²) >= 11 is 11.7. The van der Waals surface area contributed by atoms with Crippen molar-refractivity contribution in [2.24, 2.45) is 0 Å². The number of rotatable bonds is 5. The summed E-state index contributed by atoms with van der Waals surface area (Å²) in [5.74, 6) is -0.873. The maximum atomic E-state index is 12.0. The third-order valence-corrected chi connectivity index (χ3v) is 3.29. The van der Waals surface area contributed by atoms with Crippen LogP contribution in [0.25, 0.3) is 0 Å². The molecular weight excluding hydrogens is 341 g/mol. The average molecular weight is 354 g/mol. The minimum Gasteiger partial charge on any atom is -0.496 e. The summed E-state index contributed by atoms with van der Waals surface area (Å²) in [5.41, 5.74) is 0.662. The largest absolute Gasteiger partial charge is 0.496 e. The molecule has 2 aromatic carbocycles. The number of amides is 1. The lowest BCUT2D eigenvalue weighted by Gasteiger charge is -2.09. The molecule has 0 saturated carbocycles. The van der Waals surface area contributed by atoms with Crippen LogP contribution in [0.5, 0.6) is 5.75 Å². The van der Waals surface area contributed by atoms with E-state index in [9.17, 15) is 9.59 Å². The minimum atomic E-state index is -0.703. The molecule has 0 saturated heterocycles. The number of anilines is 1. The van der Waals surface area contributed by atoms with Gasteiger partial charge < -0.3 is 14.8 Å². The number of nitrogens with one attached hydrogen (secondary N) is 1. The average Bonchev–Trinajstić information content (AvgIpc) is 2.52. The second kappa shape index (κ2) is 7.85. The molecule has 0 fully saturated rings. The number of hydrogen-bond donors (Lipinski definition) is 1. The van der Waals surface area contributed by atoms with Crippen LogP contribution in [0.15, 0.2) is 42.5 Å². The van der Waals surface area contributed by atoms with Crippen molar-refractivity contribution in [3.63, 3.8) is 0 Å². The Bertz CT molecular complexity index is 734. The van der Waals surface area contributed by atoms with E-state index < -0.39 is 18.5 Å². The highest BCUT2D eigenvalue weighted by molar-refractivity contribution is 6.31. The molecule has 5 nitrogen and oxygen atoms in total. The van der Waals surface area contributed by atoms with Gasteiger partial charge in [-0.15, -0.1) is 0 Å². The summed E-state index contributed by atoms with van der Waals surface area (Å²) in [6, 6.07) is 11.2. The van der Waals surface area contributed by atoms with Crippen LogP contribution in [-0.4, -0.2) is 25.6 Å². The zero-order valence-electron chi connectivity index (χ0n) is 12.1. The number of esters is 1. The molecule has 0 heterocycles. The van der Waals surface area contributed by atoms with Crippen LogP contribution < -0.4 is 10.1 Å². The molecule has 0 aliphatic heterocycles. The quantitative estimate of drug-likeness (QED) is 0.830. The second-order valence-corrected chi connectivity index (χ2v) is 5.35. The molecular formula is C16H13Cl2NO4. The van der Waals surface area contributed by atoms with Crippen LogP contribution in [0.1, 0.15) is 10.4 Å². The van der Waals surface area contributed by atoms with E-state index in [1.807, 2.05) is 0 Å². The predicted molar refractivity (Wildman–Crippen MR) is 88.4 cm³/mol. The van der Waals surface area contributed by atoms with E-state index in [1.165, 1.54) is 13.2 Å². The first-order valence-electron chi connectivity index (χ1n) is 6.55. The number of benzene rings is 2. The van der Waals surface area contributed by atoms with Gasteiger partial charge in [-0.05, 0) is 36.4 Å². The van der Waals surface area contributed by atoms with Crippen LogP contribution in [0, 0.1) is 0 Å².